The molecule has 1 saturated heterocycles. The predicted octanol–water partition coefficient (Wildman–Crippen LogP) is 1.54. The molecule has 0 saturated carbocycles. The first-order valence-corrected chi connectivity index (χ1v) is 8.56. The van der Waals surface area contributed by atoms with Crippen LogP contribution in [0.5, 0.6) is 0 Å². The minimum Gasteiger partial charge on any atom is -0.424 e. The zero-order chi connectivity index (χ0) is 11.4. The summed E-state index contributed by atoms with van der Waals surface area (Å²) in [6, 6.07) is 10.3. The van der Waals surface area contributed by atoms with Gasteiger partial charge in [0.25, 0.3) is 0 Å². The number of hydrogen-bond acceptors (Lipinski definition) is 3. The first-order valence-electron chi connectivity index (χ1n) is 5.65. The molecule has 0 aromatic heterocycles. The summed E-state index contributed by atoms with van der Waals surface area (Å²) in [5, 5.41) is 1.26. The smallest absolute Gasteiger partial charge is 0.424 e. The number of rotatable bonds is 3. The van der Waals surface area contributed by atoms with E-state index in [1.54, 1.807) is 0 Å². The summed E-state index contributed by atoms with van der Waals surface area (Å²) in [5.74, 6) is 0. The Labute approximate surface area is 98.0 Å². The molecule has 0 atom stereocenters. The molecule has 0 bridgehead atoms. The van der Waals surface area contributed by atoms with Crippen molar-refractivity contribution in [1.29, 1.82) is 0 Å². The summed E-state index contributed by atoms with van der Waals surface area (Å²) in [6.07, 6.45) is 0.952. The van der Waals surface area contributed by atoms with Crippen LogP contribution >= 0.6 is 0 Å². The molecule has 1 aliphatic rings. The summed E-state index contributed by atoms with van der Waals surface area (Å²) >= 11 is 0. The Balaban J connectivity index is 2.01. The van der Waals surface area contributed by atoms with Crippen molar-refractivity contribution in [2.75, 3.05) is 13.2 Å². The molecule has 1 aromatic rings. The van der Waals surface area contributed by atoms with Gasteiger partial charge in [0.1, 0.15) is 0 Å². The van der Waals surface area contributed by atoms with Crippen LogP contribution in [-0.4, -0.2) is 28.9 Å². The van der Waals surface area contributed by atoms with Gasteiger partial charge in [0.05, 0.1) is 0 Å². The van der Waals surface area contributed by atoms with Crippen LogP contribution in [0, 0.1) is 0 Å². The molecule has 86 valence electrons. The van der Waals surface area contributed by atoms with Gasteiger partial charge in [-0.3, -0.25) is 0 Å². The lowest BCUT2D eigenvalue weighted by Crippen LogP contribution is -2.51. The quantitative estimate of drug-likeness (QED) is 0.745. The van der Waals surface area contributed by atoms with E-state index in [9.17, 15) is 0 Å². The summed E-state index contributed by atoms with van der Waals surface area (Å²) in [5.41, 5.74) is 0. The Bertz CT molecular complexity index is 325. The second-order valence-electron chi connectivity index (χ2n) is 4.38. The zero-order valence-corrected chi connectivity index (χ0v) is 10.8. The van der Waals surface area contributed by atoms with Gasteiger partial charge in [-0.1, -0.05) is 30.3 Å². The van der Waals surface area contributed by atoms with Crippen LogP contribution in [0.15, 0.2) is 30.3 Å². The van der Waals surface area contributed by atoms with Gasteiger partial charge >= 0.3 is 7.32 Å². The lowest BCUT2D eigenvalue weighted by Gasteiger charge is -2.28. The average molecular weight is 236 g/mol. The van der Waals surface area contributed by atoms with Crippen molar-refractivity contribution >= 4 is 20.8 Å². The maximum Gasteiger partial charge on any atom is 0.628 e. The molecular weight excluding hydrogens is 219 g/mol. The maximum absolute atomic E-state index is 5.96. The lowest BCUT2D eigenvalue weighted by atomic mass is 10.2. The van der Waals surface area contributed by atoms with Crippen LogP contribution in [0.4, 0.5) is 0 Å². The molecule has 5 heteroatoms. The van der Waals surface area contributed by atoms with Crippen molar-refractivity contribution < 1.29 is 13.7 Å². The summed E-state index contributed by atoms with van der Waals surface area (Å²) in [4.78, 5) is 0. The summed E-state index contributed by atoms with van der Waals surface area (Å²) < 4.78 is 16.8. The largest absolute Gasteiger partial charge is 0.628 e. The minimum absolute atomic E-state index is 0.476. The predicted molar refractivity (Wildman–Crippen MR) is 66.9 cm³/mol. The van der Waals surface area contributed by atoms with Crippen LogP contribution in [-0.2, 0) is 13.7 Å². The third-order valence-electron chi connectivity index (χ3n) is 2.66. The van der Waals surface area contributed by atoms with Gasteiger partial charge in [-0.15, -0.1) is 0 Å². The highest BCUT2D eigenvalue weighted by Crippen LogP contribution is 2.11. The van der Waals surface area contributed by atoms with E-state index in [1.165, 1.54) is 5.19 Å². The highest BCUT2D eigenvalue weighted by Gasteiger charge is 2.35. The topological polar surface area (TPSA) is 27.7 Å². The Morgan fingerprint density at radius 2 is 1.75 bits per heavy atom. The first kappa shape index (κ1) is 11.9. The van der Waals surface area contributed by atoms with Crippen LogP contribution in [0.3, 0.4) is 0 Å². The third kappa shape index (κ3) is 2.95. The van der Waals surface area contributed by atoms with Gasteiger partial charge < -0.3 is 13.7 Å². The normalized spacial score (nSPS) is 17.5. The zero-order valence-electron chi connectivity index (χ0n) is 9.81. The van der Waals surface area contributed by atoms with Crippen LogP contribution in [0.25, 0.3) is 0 Å². The average Bonchev–Trinajstić information content (AvgIpc) is 2.31. The first-order chi connectivity index (χ1) is 7.68. The SMILES string of the molecule is C[Si](C)(OB1OCCCO1)c1ccccc1. The van der Waals surface area contributed by atoms with Gasteiger partial charge in [0.15, 0.2) is 0 Å². The molecule has 0 unspecified atom stereocenters. The second-order valence-corrected chi connectivity index (χ2v) is 8.21. The van der Waals surface area contributed by atoms with E-state index in [-0.39, 0.29) is 0 Å². The number of benzene rings is 1. The molecular formula is C11H17BO3Si. The number of hydrogen-bond donors (Lipinski definition) is 0. The molecule has 1 heterocycles. The van der Waals surface area contributed by atoms with E-state index >= 15 is 0 Å². The summed E-state index contributed by atoms with van der Waals surface area (Å²) in [6.45, 7) is 5.77. The van der Waals surface area contributed by atoms with Crippen molar-refractivity contribution in [1.82, 2.24) is 0 Å². The molecule has 1 aromatic carbocycles. The fourth-order valence-electron chi connectivity index (χ4n) is 1.68. The molecule has 0 amide bonds. The van der Waals surface area contributed by atoms with Crippen molar-refractivity contribution in [2.24, 2.45) is 0 Å². The van der Waals surface area contributed by atoms with Gasteiger partial charge in [-0.25, -0.2) is 0 Å². The van der Waals surface area contributed by atoms with Crippen molar-refractivity contribution in [2.45, 2.75) is 19.5 Å². The molecule has 16 heavy (non-hydrogen) atoms. The van der Waals surface area contributed by atoms with Crippen molar-refractivity contribution in [3.05, 3.63) is 30.3 Å². The van der Waals surface area contributed by atoms with Crippen LogP contribution in [0.2, 0.25) is 13.1 Å². The van der Waals surface area contributed by atoms with Crippen LogP contribution in [0.1, 0.15) is 6.42 Å². The highest BCUT2D eigenvalue weighted by molar-refractivity contribution is 6.87. The molecule has 0 radical (unpaired) electrons. The standard InChI is InChI=1S/C11H17BO3Si/c1-16(2,11-7-4-3-5-8-11)15-12-13-9-6-10-14-12/h3-5,7-8H,6,9-10H2,1-2H3. The Hall–Kier alpha value is -0.618. The Kier molecular flexibility index (Phi) is 3.81. The van der Waals surface area contributed by atoms with Crippen LogP contribution < -0.4 is 5.19 Å². The van der Waals surface area contributed by atoms with E-state index in [1.807, 2.05) is 18.2 Å². The third-order valence-corrected chi connectivity index (χ3v) is 5.16. The van der Waals surface area contributed by atoms with E-state index in [4.69, 9.17) is 13.7 Å². The van der Waals surface area contributed by atoms with E-state index in [2.05, 4.69) is 25.2 Å². The van der Waals surface area contributed by atoms with Crippen molar-refractivity contribution in [3.8, 4) is 0 Å². The Morgan fingerprint density at radius 3 is 2.38 bits per heavy atom. The fraction of sp³-hybridized carbons (Fsp3) is 0.455. The minimum atomic E-state index is -1.92. The highest BCUT2D eigenvalue weighted by atomic mass is 28.4. The summed E-state index contributed by atoms with van der Waals surface area (Å²) in [7, 11) is -2.39. The second kappa shape index (κ2) is 5.14. The monoisotopic (exact) mass is 236 g/mol. The van der Waals surface area contributed by atoms with Gasteiger partial charge in [-0.05, 0) is 24.7 Å². The molecule has 0 aliphatic carbocycles. The van der Waals surface area contributed by atoms with Crippen molar-refractivity contribution in [3.63, 3.8) is 0 Å². The Morgan fingerprint density at radius 1 is 1.12 bits per heavy atom. The van der Waals surface area contributed by atoms with Gasteiger partial charge in [0, 0.05) is 13.2 Å². The molecule has 1 aliphatic heterocycles. The van der Waals surface area contributed by atoms with E-state index < -0.39 is 15.6 Å². The van der Waals surface area contributed by atoms with E-state index in [0.717, 1.165) is 19.6 Å². The van der Waals surface area contributed by atoms with Gasteiger partial charge in [-0.2, -0.15) is 0 Å². The maximum atomic E-state index is 5.96. The molecule has 0 spiro atoms. The van der Waals surface area contributed by atoms with E-state index in [0.29, 0.717) is 0 Å². The fourth-order valence-corrected chi connectivity index (χ4v) is 3.43. The molecule has 3 nitrogen and oxygen atoms in total. The van der Waals surface area contributed by atoms with Gasteiger partial charge in [0.2, 0.25) is 8.32 Å². The lowest BCUT2D eigenvalue weighted by molar-refractivity contribution is 0.0872. The molecule has 0 N–H and O–H groups in total. The molecule has 2 rings (SSSR count). The molecule has 1 fully saturated rings.